The van der Waals surface area contributed by atoms with Crippen LogP contribution < -0.4 is 0 Å². The van der Waals surface area contributed by atoms with Crippen LogP contribution in [0.4, 0.5) is 0 Å². The molecule has 0 amide bonds. The minimum atomic E-state index is 1.00. The second kappa shape index (κ2) is 1.91. The van der Waals surface area contributed by atoms with Crippen molar-refractivity contribution in [2.45, 2.75) is 26.2 Å². The van der Waals surface area contributed by atoms with E-state index in [0.717, 1.165) is 29.6 Å². The van der Waals surface area contributed by atoms with E-state index in [2.05, 4.69) is 19.1 Å². The largest absolute Gasteiger partial charge is 0.0879 e. The summed E-state index contributed by atoms with van der Waals surface area (Å²) >= 11 is 0. The topological polar surface area (TPSA) is 0 Å². The monoisotopic (exact) mass is 148 g/mol. The second-order valence-electron chi connectivity index (χ2n) is 4.78. The summed E-state index contributed by atoms with van der Waals surface area (Å²) in [6.07, 6.45) is 9.42. The van der Waals surface area contributed by atoms with Crippen LogP contribution in [-0.2, 0) is 0 Å². The zero-order valence-corrected chi connectivity index (χ0v) is 7.16. The van der Waals surface area contributed by atoms with E-state index in [1.807, 2.05) is 0 Å². The number of hydrogen-bond donors (Lipinski definition) is 0. The Morgan fingerprint density at radius 2 is 2.09 bits per heavy atom. The van der Waals surface area contributed by atoms with Crippen molar-refractivity contribution in [1.29, 1.82) is 0 Å². The molecule has 0 heteroatoms. The van der Waals surface area contributed by atoms with Crippen LogP contribution in [0.3, 0.4) is 0 Å². The van der Waals surface area contributed by atoms with Crippen molar-refractivity contribution in [2.75, 3.05) is 0 Å². The number of rotatable bonds is 0. The van der Waals surface area contributed by atoms with Crippen molar-refractivity contribution >= 4 is 0 Å². The summed E-state index contributed by atoms with van der Waals surface area (Å²) in [6.45, 7) is 2.45. The van der Waals surface area contributed by atoms with Gasteiger partial charge in [0.05, 0.1) is 0 Å². The Morgan fingerprint density at radius 3 is 3.00 bits per heavy atom. The maximum absolute atomic E-state index is 2.50. The van der Waals surface area contributed by atoms with Crippen molar-refractivity contribution in [3.63, 3.8) is 0 Å². The van der Waals surface area contributed by atoms with Gasteiger partial charge in [0.15, 0.2) is 0 Å². The molecular weight excluding hydrogens is 132 g/mol. The maximum Gasteiger partial charge on any atom is -0.0169 e. The van der Waals surface area contributed by atoms with Crippen molar-refractivity contribution < 1.29 is 0 Å². The third-order valence-electron chi connectivity index (χ3n) is 4.34. The molecule has 3 aliphatic carbocycles. The average molecular weight is 148 g/mol. The average Bonchev–Trinajstić information content (AvgIpc) is 2.52. The highest BCUT2D eigenvalue weighted by Crippen LogP contribution is 2.58. The SMILES string of the molecule is CC1CC2C[C@H]1C1C=CC[C@H]21. The van der Waals surface area contributed by atoms with Crippen LogP contribution in [0.2, 0.25) is 0 Å². The molecule has 60 valence electrons. The van der Waals surface area contributed by atoms with E-state index in [1.54, 1.807) is 6.42 Å². The van der Waals surface area contributed by atoms with Gasteiger partial charge in [-0.1, -0.05) is 19.1 Å². The van der Waals surface area contributed by atoms with Gasteiger partial charge in [-0.25, -0.2) is 0 Å². The highest BCUT2D eigenvalue weighted by Gasteiger charge is 2.50. The van der Waals surface area contributed by atoms with Crippen LogP contribution in [-0.4, -0.2) is 0 Å². The number of allylic oxidation sites excluding steroid dienone is 2. The minimum absolute atomic E-state index is 1.00. The highest BCUT2D eigenvalue weighted by atomic mass is 14.5. The Labute approximate surface area is 68.7 Å². The molecule has 2 saturated carbocycles. The molecule has 3 aliphatic rings. The van der Waals surface area contributed by atoms with Crippen molar-refractivity contribution in [1.82, 2.24) is 0 Å². The van der Waals surface area contributed by atoms with Gasteiger partial charge in [0.1, 0.15) is 0 Å². The molecule has 2 fully saturated rings. The molecule has 11 heavy (non-hydrogen) atoms. The predicted molar refractivity (Wildman–Crippen MR) is 46.1 cm³/mol. The van der Waals surface area contributed by atoms with Gasteiger partial charge in [0, 0.05) is 0 Å². The van der Waals surface area contributed by atoms with E-state index in [9.17, 15) is 0 Å². The summed E-state index contributed by atoms with van der Waals surface area (Å²) in [5.74, 6) is 5.29. The third kappa shape index (κ3) is 0.660. The Hall–Kier alpha value is -0.260. The first-order valence-electron chi connectivity index (χ1n) is 5.03. The molecule has 0 radical (unpaired) electrons. The fraction of sp³-hybridized carbons (Fsp3) is 0.818. The van der Waals surface area contributed by atoms with Crippen LogP contribution in [0, 0.1) is 29.6 Å². The van der Waals surface area contributed by atoms with Gasteiger partial charge in [-0.15, -0.1) is 0 Å². The van der Waals surface area contributed by atoms with Crippen LogP contribution in [0.25, 0.3) is 0 Å². The molecule has 0 aromatic heterocycles. The lowest BCUT2D eigenvalue weighted by Crippen LogP contribution is -2.22. The summed E-state index contributed by atoms with van der Waals surface area (Å²) in [6, 6.07) is 0. The van der Waals surface area contributed by atoms with Gasteiger partial charge in [0.2, 0.25) is 0 Å². The summed E-state index contributed by atoms with van der Waals surface area (Å²) in [7, 11) is 0. The Bertz CT molecular complexity index is 204. The molecule has 0 aromatic carbocycles. The van der Waals surface area contributed by atoms with Crippen LogP contribution >= 0.6 is 0 Å². The first-order valence-corrected chi connectivity index (χ1v) is 5.03. The number of hydrogen-bond acceptors (Lipinski definition) is 0. The summed E-state index contributed by atoms with van der Waals surface area (Å²) in [4.78, 5) is 0. The Balaban J connectivity index is 1.94. The quantitative estimate of drug-likeness (QED) is 0.463. The third-order valence-corrected chi connectivity index (χ3v) is 4.34. The zero-order chi connectivity index (χ0) is 7.42. The molecule has 0 aromatic rings. The van der Waals surface area contributed by atoms with Gasteiger partial charge in [-0.2, -0.15) is 0 Å². The fourth-order valence-corrected chi connectivity index (χ4v) is 3.88. The van der Waals surface area contributed by atoms with Crippen molar-refractivity contribution in [3.05, 3.63) is 12.2 Å². The van der Waals surface area contributed by atoms with Crippen LogP contribution in [0.1, 0.15) is 26.2 Å². The normalized spacial score (nSPS) is 58.8. The van der Waals surface area contributed by atoms with E-state index in [-0.39, 0.29) is 0 Å². The smallest absolute Gasteiger partial charge is 0.0169 e. The summed E-state index contributed by atoms with van der Waals surface area (Å²) < 4.78 is 0. The molecule has 0 spiro atoms. The van der Waals surface area contributed by atoms with Gasteiger partial charge in [-0.3, -0.25) is 0 Å². The predicted octanol–water partition coefficient (Wildman–Crippen LogP) is 2.85. The molecular formula is C11H16. The molecule has 0 aliphatic heterocycles. The first-order chi connectivity index (χ1) is 5.36. The molecule has 2 bridgehead atoms. The van der Waals surface area contributed by atoms with Crippen molar-refractivity contribution in [3.8, 4) is 0 Å². The summed E-state index contributed by atoms with van der Waals surface area (Å²) in [5, 5.41) is 0. The van der Waals surface area contributed by atoms with Gasteiger partial charge >= 0.3 is 0 Å². The van der Waals surface area contributed by atoms with Gasteiger partial charge < -0.3 is 0 Å². The van der Waals surface area contributed by atoms with E-state index in [4.69, 9.17) is 0 Å². The lowest BCUT2D eigenvalue weighted by Gasteiger charge is -2.28. The zero-order valence-electron chi connectivity index (χ0n) is 7.16. The van der Waals surface area contributed by atoms with Crippen LogP contribution in [0.15, 0.2) is 12.2 Å². The standard InChI is InChI=1S/C11H16/c1-7-5-8-6-11(7)10-4-2-3-9(8)10/h2,4,7-11H,3,5-6H2,1H3/t7?,8?,9-,10?,11-/m1/s1. The van der Waals surface area contributed by atoms with Gasteiger partial charge in [-0.05, 0) is 48.9 Å². The molecule has 0 saturated heterocycles. The molecule has 0 nitrogen and oxygen atoms in total. The van der Waals surface area contributed by atoms with Crippen molar-refractivity contribution in [2.24, 2.45) is 29.6 Å². The van der Waals surface area contributed by atoms with E-state index in [1.165, 1.54) is 12.8 Å². The lowest BCUT2D eigenvalue weighted by atomic mass is 9.76. The maximum atomic E-state index is 2.50. The van der Waals surface area contributed by atoms with E-state index < -0.39 is 0 Å². The molecule has 5 atom stereocenters. The second-order valence-corrected chi connectivity index (χ2v) is 4.78. The fourth-order valence-electron chi connectivity index (χ4n) is 3.88. The van der Waals surface area contributed by atoms with Gasteiger partial charge in [0.25, 0.3) is 0 Å². The van der Waals surface area contributed by atoms with E-state index in [0.29, 0.717) is 0 Å². The Kier molecular flexibility index (Phi) is 1.09. The first kappa shape index (κ1) is 6.28. The van der Waals surface area contributed by atoms with Crippen LogP contribution in [0.5, 0.6) is 0 Å². The molecule has 0 heterocycles. The molecule has 3 unspecified atom stereocenters. The number of fused-ring (bicyclic) bond motifs is 5. The van der Waals surface area contributed by atoms with E-state index >= 15 is 0 Å². The Morgan fingerprint density at radius 1 is 1.18 bits per heavy atom. The molecule has 3 rings (SSSR count). The highest BCUT2D eigenvalue weighted by molar-refractivity contribution is 5.13. The summed E-state index contributed by atoms with van der Waals surface area (Å²) in [5.41, 5.74) is 0. The molecule has 0 N–H and O–H groups in total. The lowest BCUT2D eigenvalue weighted by molar-refractivity contribution is 0.225. The minimum Gasteiger partial charge on any atom is -0.0879 e.